The van der Waals surface area contributed by atoms with Gasteiger partial charge in [-0.15, -0.1) is 0 Å². The number of aromatic nitrogens is 2. The first kappa shape index (κ1) is 8.62. The van der Waals surface area contributed by atoms with Crippen LogP contribution in [0.25, 0.3) is 10.9 Å². The molecule has 4 nitrogen and oxygen atoms in total. The van der Waals surface area contributed by atoms with Gasteiger partial charge in [-0.3, -0.25) is 4.79 Å². The summed E-state index contributed by atoms with van der Waals surface area (Å²) >= 11 is 0. The third-order valence-corrected chi connectivity index (χ3v) is 1.87. The second-order valence-electron chi connectivity index (χ2n) is 2.95. The van der Waals surface area contributed by atoms with Gasteiger partial charge in [-0.25, -0.2) is 0 Å². The number of hydrogen-bond acceptors (Lipinski definition) is 3. The number of fused-ring (bicyclic) bond motifs is 1. The minimum absolute atomic E-state index is 0.0886. The molecule has 0 saturated carbocycles. The van der Waals surface area contributed by atoms with Crippen molar-refractivity contribution >= 4 is 22.5 Å². The predicted octanol–water partition coefficient (Wildman–Crippen LogP) is 1.59. The van der Waals surface area contributed by atoms with E-state index >= 15 is 0 Å². The van der Waals surface area contributed by atoms with E-state index in [4.69, 9.17) is 0 Å². The molecule has 0 saturated heterocycles. The van der Waals surface area contributed by atoms with Gasteiger partial charge in [-0.2, -0.15) is 10.2 Å². The summed E-state index contributed by atoms with van der Waals surface area (Å²) < 4.78 is 0. The molecule has 14 heavy (non-hydrogen) atoms. The van der Waals surface area contributed by atoms with E-state index in [2.05, 4.69) is 15.5 Å². The lowest BCUT2D eigenvalue weighted by atomic mass is 10.2. The highest BCUT2D eigenvalue weighted by Gasteiger charge is 2.01. The van der Waals surface area contributed by atoms with Crippen molar-refractivity contribution in [1.29, 1.82) is 0 Å². The summed E-state index contributed by atoms with van der Waals surface area (Å²) in [5.41, 5.74) is 1.55. The smallest absolute Gasteiger partial charge is 0.221 e. The Morgan fingerprint density at radius 1 is 1.36 bits per heavy atom. The molecule has 0 aliphatic rings. The van der Waals surface area contributed by atoms with Crippen LogP contribution in [0, 0.1) is 0 Å². The van der Waals surface area contributed by atoms with E-state index in [0.717, 1.165) is 16.6 Å². The molecule has 1 amide bonds. The fraction of sp³-hybridized carbons (Fsp3) is 0.100. The average Bonchev–Trinajstić information content (AvgIpc) is 2.18. The zero-order valence-electron chi connectivity index (χ0n) is 7.69. The van der Waals surface area contributed by atoms with Gasteiger partial charge >= 0.3 is 0 Å². The zero-order valence-corrected chi connectivity index (χ0v) is 7.69. The maximum atomic E-state index is 10.9. The summed E-state index contributed by atoms with van der Waals surface area (Å²) in [5, 5.41) is 11.4. The molecule has 1 N–H and O–H groups in total. The van der Waals surface area contributed by atoms with Crippen LogP contribution in [0.3, 0.4) is 0 Å². The Labute approximate surface area is 81.0 Å². The molecule has 2 rings (SSSR count). The molecule has 1 heterocycles. The van der Waals surface area contributed by atoms with Crippen molar-refractivity contribution in [3.05, 3.63) is 30.5 Å². The van der Waals surface area contributed by atoms with Crippen LogP contribution >= 0.6 is 0 Å². The number of nitrogens with one attached hydrogen (secondary N) is 1. The van der Waals surface area contributed by atoms with Gasteiger partial charge in [0.1, 0.15) is 0 Å². The quantitative estimate of drug-likeness (QED) is 0.737. The number of amides is 1. The number of carbonyl (C=O) groups excluding carboxylic acids is 1. The molecule has 0 spiro atoms. The van der Waals surface area contributed by atoms with Crippen LogP contribution in [0.15, 0.2) is 30.5 Å². The molecule has 0 aliphatic heterocycles. The maximum Gasteiger partial charge on any atom is 0.221 e. The largest absolute Gasteiger partial charge is 0.326 e. The predicted molar refractivity (Wildman–Crippen MR) is 53.8 cm³/mol. The van der Waals surface area contributed by atoms with Crippen LogP contribution in [0.1, 0.15) is 6.92 Å². The first-order chi connectivity index (χ1) is 6.77. The summed E-state index contributed by atoms with van der Waals surface area (Å²) in [7, 11) is 0. The first-order valence-corrected chi connectivity index (χ1v) is 4.25. The van der Waals surface area contributed by atoms with Crippen LogP contribution in [-0.4, -0.2) is 16.1 Å². The Balaban J connectivity index is 2.59. The van der Waals surface area contributed by atoms with E-state index in [1.807, 2.05) is 24.3 Å². The summed E-state index contributed by atoms with van der Waals surface area (Å²) in [5.74, 6) is -0.0886. The monoisotopic (exact) mass is 187 g/mol. The van der Waals surface area contributed by atoms with Gasteiger partial charge in [0.2, 0.25) is 5.91 Å². The number of carbonyl (C=O) groups is 1. The standard InChI is InChI=1S/C10H9N3O/c1-7(14)12-9-3-2-4-10-8(9)5-6-11-13-10/h2-6H,1H3,(H,12,14). The summed E-state index contributed by atoms with van der Waals surface area (Å²) in [6.07, 6.45) is 1.60. The van der Waals surface area contributed by atoms with Gasteiger partial charge in [-0.1, -0.05) is 6.07 Å². The molecule has 70 valence electrons. The molecule has 1 aromatic heterocycles. The zero-order chi connectivity index (χ0) is 9.97. The maximum absolute atomic E-state index is 10.9. The highest BCUT2D eigenvalue weighted by molar-refractivity contribution is 5.99. The molecular formula is C10H9N3O. The highest BCUT2D eigenvalue weighted by Crippen LogP contribution is 2.20. The molecular weight excluding hydrogens is 178 g/mol. The first-order valence-electron chi connectivity index (χ1n) is 4.25. The van der Waals surface area contributed by atoms with Gasteiger partial charge in [-0.05, 0) is 18.2 Å². The lowest BCUT2D eigenvalue weighted by Gasteiger charge is -2.04. The number of hydrogen-bond donors (Lipinski definition) is 1. The molecule has 0 bridgehead atoms. The van der Waals surface area contributed by atoms with Gasteiger partial charge in [0, 0.05) is 12.3 Å². The lowest BCUT2D eigenvalue weighted by molar-refractivity contribution is -0.114. The highest BCUT2D eigenvalue weighted by atomic mass is 16.1. The molecule has 4 heteroatoms. The van der Waals surface area contributed by atoms with Gasteiger partial charge < -0.3 is 5.32 Å². The Hall–Kier alpha value is -1.97. The van der Waals surface area contributed by atoms with Crippen molar-refractivity contribution in [1.82, 2.24) is 10.2 Å². The van der Waals surface area contributed by atoms with Crippen molar-refractivity contribution in [2.75, 3.05) is 5.32 Å². The van der Waals surface area contributed by atoms with E-state index in [-0.39, 0.29) is 5.91 Å². The number of anilines is 1. The van der Waals surface area contributed by atoms with Crippen molar-refractivity contribution in [2.24, 2.45) is 0 Å². The Morgan fingerprint density at radius 2 is 2.21 bits per heavy atom. The number of rotatable bonds is 1. The van der Waals surface area contributed by atoms with Crippen LogP contribution < -0.4 is 5.32 Å². The number of nitrogens with zero attached hydrogens (tertiary/aromatic N) is 2. The van der Waals surface area contributed by atoms with Crippen LogP contribution in [-0.2, 0) is 4.79 Å². The Bertz CT molecular complexity index is 476. The minimum Gasteiger partial charge on any atom is -0.326 e. The van der Waals surface area contributed by atoms with Crippen molar-refractivity contribution in [2.45, 2.75) is 6.92 Å². The second-order valence-corrected chi connectivity index (χ2v) is 2.95. The van der Waals surface area contributed by atoms with E-state index in [1.165, 1.54) is 6.92 Å². The summed E-state index contributed by atoms with van der Waals surface area (Å²) in [6.45, 7) is 1.48. The second kappa shape index (κ2) is 3.41. The molecule has 0 atom stereocenters. The summed E-state index contributed by atoms with van der Waals surface area (Å²) in [4.78, 5) is 10.9. The SMILES string of the molecule is CC(=O)Nc1cccc2nnccc12. The number of benzene rings is 1. The lowest BCUT2D eigenvalue weighted by Crippen LogP contribution is -2.06. The van der Waals surface area contributed by atoms with Gasteiger partial charge in [0.15, 0.2) is 0 Å². The third kappa shape index (κ3) is 1.54. The molecule has 0 fully saturated rings. The van der Waals surface area contributed by atoms with E-state index < -0.39 is 0 Å². The molecule has 0 radical (unpaired) electrons. The Morgan fingerprint density at radius 3 is 3.00 bits per heavy atom. The van der Waals surface area contributed by atoms with Gasteiger partial charge in [0.05, 0.1) is 17.4 Å². The average molecular weight is 187 g/mol. The van der Waals surface area contributed by atoms with Crippen molar-refractivity contribution in [3.8, 4) is 0 Å². The molecule has 2 aromatic rings. The van der Waals surface area contributed by atoms with E-state index in [1.54, 1.807) is 6.20 Å². The fourth-order valence-electron chi connectivity index (χ4n) is 1.32. The van der Waals surface area contributed by atoms with Crippen LogP contribution in [0.2, 0.25) is 0 Å². The Kier molecular flexibility index (Phi) is 2.10. The van der Waals surface area contributed by atoms with E-state index in [0.29, 0.717) is 0 Å². The third-order valence-electron chi connectivity index (χ3n) is 1.87. The minimum atomic E-state index is -0.0886. The fourth-order valence-corrected chi connectivity index (χ4v) is 1.32. The molecule has 0 aliphatic carbocycles. The topological polar surface area (TPSA) is 54.9 Å². The van der Waals surface area contributed by atoms with Crippen molar-refractivity contribution in [3.63, 3.8) is 0 Å². The van der Waals surface area contributed by atoms with Crippen LogP contribution in [0.4, 0.5) is 5.69 Å². The molecule has 1 aromatic carbocycles. The van der Waals surface area contributed by atoms with Gasteiger partial charge in [0.25, 0.3) is 0 Å². The van der Waals surface area contributed by atoms with E-state index in [9.17, 15) is 4.79 Å². The molecule has 0 unspecified atom stereocenters. The summed E-state index contributed by atoms with van der Waals surface area (Å²) in [6, 6.07) is 7.36. The van der Waals surface area contributed by atoms with Crippen molar-refractivity contribution < 1.29 is 4.79 Å². The normalized spacial score (nSPS) is 10.1. The van der Waals surface area contributed by atoms with Crippen LogP contribution in [0.5, 0.6) is 0 Å².